The predicted molar refractivity (Wildman–Crippen MR) is 95.9 cm³/mol. The van der Waals surface area contributed by atoms with Crippen molar-refractivity contribution in [1.82, 2.24) is 5.32 Å². The van der Waals surface area contributed by atoms with E-state index in [1.165, 1.54) is 25.7 Å². The summed E-state index contributed by atoms with van der Waals surface area (Å²) < 4.78 is 0. The Labute approximate surface area is 143 Å². The summed E-state index contributed by atoms with van der Waals surface area (Å²) >= 11 is 0. The van der Waals surface area contributed by atoms with Gasteiger partial charge in [0.15, 0.2) is 0 Å². The van der Waals surface area contributed by atoms with Crippen LogP contribution < -0.4 is 15.5 Å². The molecular weight excluding hydrogens is 302 g/mol. The highest BCUT2D eigenvalue weighted by atomic mass is 16.2. The first-order chi connectivity index (χ1) is 11.4. The van der Waals surface area contributed by atoms with Gasteiger partial charge in [0.05, 0.1) is 0 Å². The van der Waals surface area contributed by atoms with Crippen molar-refractivity contribution in [3.63, 3.8) is 0 Å². The van der Waals surface area contributed by atoms with Gasteiger partial charge in [0.25, 0.3) is 0 Å². The molecule has 2 bridgehead atoms. The summed E-state index contributed by atoms with van der Waals surface area (Å²) in [7, 11) is 3.91. The van der Waals surface area contributed by atoms with Crippen LogP contribution in [0.5, 0.6) is 0 Å². The Hall–Kier alpha value is -2.04. The molecule has 3 rings (SSSR count). The van der Waals surface area contributed by atoms with Crippen LogP contribution in [0.25, 0.3) is 0 Å². The minimum atomic E-state index is -0.595. The average molecular weight is 329 g/mol. The lowest BCUT2D eigenvalue weighted by molar-refractivity contribution is -0.136. The van der Waals surface area contributed by atoms with E-state index in [0.717, 1.165) is 17.5 Å². The van der Waals surface area contributed by atoms with Crippen LogP contribution in [0, 0.1) is 17.8 Å². The van der Waals surface area contributed by atoms with E-state index in [9.17, 15) is 9.59 Å². The normalized spacial score (nSPS) is 26.0. The lowest BCUT2D eigenvalue weighted by atomic mass is 9.84. The molecule has 0 aromatic heterocycles. The van der Waals surface area contributed by atoms with Crippen LogP contribution in [0.3, 0.4) is 0 Å². The van der Waals surface area contributed by atoms with Gasteiger partial charge < -0.3 is 15.5 Å². The summed E-state index contributed by atoms with van der Waals surface area (Å²) in [5, 5.41) is 5.57. The zero-order valence-electron chi connectivity index (χ0n) is 14.7. The summed E-state index contributed by atoms with van der Waals surface area (Å²) in [5.74, 6) is 0.958. The van der Waals surface area contributed by atoms with Crippen molar-refractivity contribution in [3.8, 4) is 0 Å². The molecule has 0 aliphatic heterocycles. The molecule has 2 N–H and O–H groups in total. The van der Waals surface area contributed by atoms with E-state index in [0.29, 0.717) is 11.6 Å². The number of rotatable bonds is 4. The van der Waals surface area contributed by atoms with Crippen LogP contribution in [0.4, 0.5) is 11.4 Å². The number of benzene rings is 1. The fraction of sp³-hybridized carbons (Fsp3) is 0.579. The van der Waals surface area contributed by atoms with Gasteiger partial charge >= 0.3 is 11.8 Å². The molecule has 0 spiro atoms. The number of carbonyl (C=O) groups is 2. The van der Waals surface area contributed by atoms with Crippen molar-refractivity contribution >= 4 is 23.2 Å². The van der Waals surface area contributed by atoms with Crippen LogP contribution in [0.2, 0.25) is 0 Å². The van der Waals surface area contributed by atoms with Crippen LogP contribution in [0.15, 0.2) is 24.3 Å². The number of nitrogens with zero attached hydrogens (tertiary/aromatic N) is 1. The molecule has 24 heavy (non-hydrogen) atoms. The van der Waals surface area contributed by atoms with Crippen LogP contribution in [0.1, 0.15) is 32.6 Å². The monoisotopic (exact) mass is 329 g/mol. The zero-order valence-corrected chi connectivity index (χ0v) is 14.7. The molecule has 130 valence electrons. The number of hydrogen-bond acceptors (Lipinski definition) is 3. The Morgan fingerprint density at radius 1 is 1.08 bits per heavy atom. The highest BCUT2D eigenvalue weighted by molar-refractivity contribution is 6.39. The van der Waals surface area contributed by atoms with Gasteiger partial charge in [-0.05, 0) is 68.2 Å². The number of fused-ring (bicyclic) bond motifs is 2. The van der Waals surface area contributed by atoms with Gasteiger partial charge in [-0.3, -0.25) is 9.59 Å². The van der Waals surface area contributed by atoms with Crippen molar-refractivity contribution in [1.29, 1.82) is 0 Å². The Balaban J connectivity index is 1.52. The molecule has 0 radical (unpaired) electrons. The minimum Gasteiger partial charge on any atom is -0.378 e. The standard InChI is InChI=1S/C19H27N3O2/c1-12(17-11-13-4-5-14(17)10-13)20-18(23)19(24)21-15-6-8-16(9-7-15)22(2)3/h6-9,12-14,17H,4-5,10-11H2,1-3H3,(H,20,23)(H,21,24). The molecule has 0 saturated heterocycles. The van der Waals surface area contributed by atoms with Crippen LogP contribution in [-0.4, -0.2) is 32.0 Å². The van der Waals surface area contributed by atoms with E-state index in [1.54, 1.807) is 12.1 Å². The lowest BCUT2D eigenvalue weighted by Gasteiger charge is -2.28. The van der Waals surface area contributed by atoms with Crippen molar-refractivity contribution < 1.29 is 9.59 Å². The fourth-order valence-corrected chi connectivity index (χ4v) is 4.32. The first-order valence-corrected chi connectivity index (χ1v) is 8.83. The summed E-state index contributed by atoms with van der Waals surface area (Å²) in [6, 6.07) is 7.49. The van der Waals surface area contributed by atoms with Gasteiger partial charge in [0.2, 0.25) is 0 Å². The van der Waals surface area contributed by atoms with Crippen molar-refractivity contribution in [3.05, 3.63) is 24.3 Å². The second-order valence-electron chi connectivity index (χ2n) is 7.50. The smallest absolute Gasteiger partial charge is 0.313 e. The third kappa shape index (κ3) is 3.55. The van der Waals surface area contributed by atoms with Gasteiger partial charge in [0, 0.05) is 31.5 Å². The molecule has 1 aromatic carbocycles. The van der Waals surface area contributed by atoms with Crippen molar-refractivity contribution in [2.75, 3.05) is 24.3 Å². The Kier molecular flexibility index (Phi) is 4.78. The third-order valence-corrected chi connectivity index (χ3v) is 5.64. The maximum Gasteiger partial charge on any atom is 0.313 e. The Bertz CT molecular complexity index is 612. The van der Waals surface area contributed by atoms with Gasteiger partial charge in [-0.1, -0.05) is 6.42 Å². The Morgan fingerprint density at radius 2 is 1.79 bits per heavy atom. The number of amides is 2. The maximum absolute atomic E-state index is 12.2. The molecule has 4 unspecified atom stereocenters. The molecule has 2 fully saturated rings. The van der Waals surface area contributed by atoms with Gasteiger partial charge in [-0.2, -0.15) is 0 Å². The van der Waals surface area contributed by atoms with E-state index in [-0.39, 0.29) is 6.04 Å². The average Bonchev–Trinajstić information content (AvgIpc) is 3.18. The second-order valence-corrected chi connectivity index (χ2v) is 7.50. The number of nitrogens with one attached hydrogen (secondary N) is 2. The maximum atomic E-state index is 12.2. The summed E-state index contributed by atoms with van der Waals surface area (Å²) in [4.78, 5) is 26.3. The molecular formula is C19H27N3O2. The van der Waals surface area contributed by atoms with E-state index in [2.05, 4.69) is 10.6 Å². The molecule has 2 amide bonds. The molecule has 5 nitrogen and oxygen atoms in total. The minimum absolute atomic E-state index is 0.0645. The largest absolute Gasteiger partial charge is 0.378 e. The van der Waals surface area contributed by atoms with Gasteiger partial charge in [-0.15, -0.1) is 0 Å². The van der Waals surface area contributed by atoms with Gasteiger partial charge in [-0.25, -0.2) is 0 Å². The number of hydrogen-bond donors (Lipinski definition) is 2. The van der Waals surface area contributed by atoms with E-state index >= 15 is 0 Å². The Morgan fingerprint density at radius 3 is 2.33 bits per heavy atom. The second kappa shape index (κ2) is 6.83. The first-order valence-electron chi connectivity index (χ1n) is 8.83. The fourth-order valence-electron chi connectivity index (χ4n) is 4.32. The number of anilines is 2. The lowest BCUT2D eigenvalue weighted by Crippen LogP contribution is -2.45. The van der Waals surface area contributed by atoms with E-state index in [1.807, 2.05) is 38.1 Å². The third-order valence-electron chi connectivity index (χ3n) is 5.64. The molecule has 2 saturated carbocycles. The SMILES string of the molecule is CC(NC(=O)C(=O)Nc1ccc(N(C)C)cc1)C1CC2CCC1C2. The van der Waals surface area contributed by atoms with Crippen molar-refractivity contribution in [2.24, 2.45) is 17.8 Å². The summed E-state index contributed by atoms with van der Waals surface area (Å²) in [6.07, 6.45) is 5.11. The molecule has 0 heterocycles. The summed E-state index contributed by atoms with van der Waals surface area (Å²) in [6.45, 7) is 2.03. The van der Waals surface area contributed by atoms with E-state index < -0.39 is 11.8 Å². The summed E-state index contributed by atoms with van der Waals surface area (Å²) in [5.41, 5.74) is 1.68. The zero-order chi connectivity index (χ0) is 17.3. The highest BCUT2D eigenvalue weighted by Gasteiger charge is 2.42. The molecule has 2 aliphatic carbocycles. The molecule has 5 heteroatoms. The highest BCUT2D eigenvalue weighted by Crippen LogP contribution is 2.49. The van der Waals surface area contributed by atoms with Crippen molar-refractivity contribution in [2.45, 2.75) is 38.6 Å². The molecule has 4 atom stereocenters. The first kappa shape index (κ1) is 16.8. The molecule has 1 aromatic rings. The topological polar surface area (TPSA) is 61.4 Å². The van der Waals surface area contributed by atoms with E-state index in [4.69, 9.17) is 0 Å². The number of carbonyl (C=O) groups excluding carboxylic acids is 2. The van der Waals surface area contributed by atoms with Gasteiger partial charge in [0.1, 0.15) is 0 Å². The van der Waals surface area contributed by atoms with Crippen LogP contribution in [-0.2, 0) is 9.59 Å². The molecule has 2 aliphatic rings. The predicted octanol–water partition coefficient (Wildman–Crippen LogP) is 2.63. The quantitative estimate of drug-likeness (QED) is 0.835. The van der Waals surface area contributed by atoms with Crippen LogP contribution >= 0.6 is 0 Å².